The standard InChI is InChI=1S/C12H10N4/c13-8-9-4-5-10(14)11(7-9)16-12-3-1-2-6-15-12/h1-7H,14H2,(H,15,16). The molecule has 0 unspecified atom stereocenters. The van der Waals surface area contributed by atoms with Crippen LogP contribution >= 0.6 is 0 Å². The van der Waals surface area contributed by atoms with Crippen molar-refractivity contribution in [3.05, 3.63) is 48.2 Å². The van der Waals surface area contributed by atoms with Crippen molar-refractivity contribution < 1.29 is 0 Å². The average Bonchev–Trinajstić information content (AvgIpc) is 2.33. The molecule has 0 aliphatic carbocycles. The predicted octanol–water partition coefficient (Wildman–Crippen LogP) is 2.28. The highest BCUT2D eigenvalue weighted by Crippen LogP contribution is 2.22. The van der Waals surface area contributed by atoms with Crippen LogP contribution in [-0.2, 0) is 0 Å². The van der Waals surface area contributed by atoms with Crippen molar-refractivity contribution in [2.45, 2.75) is 0 Å². The molecule has 2 rings (SSSR count). The third kappa shape index (κ3) is 2.10. The van der Waals surface area contributed by atoms with E-state index in [1.807, 2.05) is 18.2 Å². The van der Waals surface area contributed by atoms with Crippen molar-refractivity contribution in [1.29, 1.82) is 5.26 Å². The largest absolute Gasteiger partial charge is 0.397 e. The Morgan fingerprint density at radius 2 is 2.12 bits per heavy atom. The van der Waals surface area contributed by atoms with E-state index in [-0.39, 0.29) is 0 Å². The number of hydrogen-bond acceptors (Lipinski definition) is 4. The Morgan fingerprint density at radius 1 is 1.25 bits per heavy atom. The normalized spacial score (nSPS) is 9.44. The molecule has 0 aliphatic rings. The minimum atomic E-state index is 0.563. The van der Waals surface area contributed by atoms with Gasteiger partial charge >= 0.3 is 0 Å². The summed E-state index contributed by atoms with van der Waals surface area (Å²) in [6.45, 7) is 0. The first kappa shape index (κ1) is 9.99. The van der Waals surface area contributed by atoms with Crippen LogP contribution < -0.4 is 11.1 Å². The smallest absolute Gasteiger partial charge is 0.130 e. The Labute approximate surface area is 93.4 Å². The Bertz CT molecular complexity index is 528. The van der Waals surface area contributed by atoms with E-state index >= 15 is 0 Å². The molecular weight excluding hydrogens is 200 g/mol. The molecule has 0 saturated carbocycles. The summed E-state index contributed by atoms with van der Waals surface area (Å²) in [6.07, 6.45) is 1.69. The van der Waals surface area contributed by atoms with E-state index in [1.54, 1.807) is 24.4 Å². The number of benzene rings is 1. The number of nitrogen functional groups attached to an aromatic ring is 1. The quantitative estimate of drug-likeness (QED) is 0.745. The van der Waals surface area contributed by atoms with Crippen LogP contribution in [0.1, 0.15) is 5.56 Å². The maximum absolute atomic E-state index is 8.78. The molecule has 1 heterocycles. The van der Waals surface area contributed by atoms with Crippen LogP contribution in [0, 0.1) is 11.3 Å². The molecule has 1 aromatic heterocycles. The molecule has 4 heteroatoms. The zero-order chi connectivity index (χ0) is 11.4. The first-order chi connectivity index (χ1) is 7.79. The van der Waals surface area contributed by atoms with Gasteiger partial charge in [-0.2, -0.15) is 5.26 Å². The van der Waals surface area contributed by atoms with Gasteiger partial charge in [0.15, 0.2) is 0 Å². The molecule has 0 amide bonds. The number of nitrogens with two attached hydrogens (primary N) is 1. The summed E-state index contributed by atoms with van der Waals surface area (Å²) in [5, 5.41) is 11.8. The lowest BCUT2D eigenvalue weighted by molar-refractivity contribution is 1.31. The maximum Gasteiger partial charge on any atom is 0.130 e. The van der Waals surface area contributed by atoms with Gasteiger partial charge in [0, 0.05) is 6.20 Å². The third-order valence-corrected chi connectivity index (χ3v) is 2.11. The SMILES string of the molecule is N#Cc1ccc(N)c(Nc2ccccn2)c1. The van der Waals surface area contributed by atoms with Crippen molar-refractivity contribution in [3.63, 3.8) is 0 Å². The molecule has 1 aromatic carbocycles. The van der Waals surface area contributed by atoms with Crippen molar-refractivity contribution >= 4 is 17.2 Å². The second kappa shape index (κ2) is 4.32. The van der Waals surface area contributed by atoms with E-state index in [4.69, 9.17) is 11.0 Å². The average molecular weight is 210 g/mol. The number of hydrogen-bond donors (Lipinski definition) is 2. The van der Waals surface area contributed by atoms with Crippen molar-refractivity contribution in [2.24, 2.45) is 0 Å². The van der Waals surface area contributed by atoms with E-state index < -0.39 is 0 Å². The minimum Gasteiger partial charge on any atom is -0.397 e. The summed E-state index contributed by atoms with van der Waals surface area (Å²) in [7, 11) is 0. The van der Waals surface area contributed by atoms with E-state index in [2.05, 4.69) is 16.4 Å². The molecule has 3 N–H and O–H groups in total. The molecule has 0 bridgehead atoms. The van der Waals surface area contributed by atoms with Gasteiger partial charge in [0.2, 0.25) is 0 Å². The monoisotopic (exact) mass is 210 g/mol. The van der Waals surface area contributed by atoms with Crippen LogP contribution in [0.2, 0.25) is 0 Å². The number of nitrogens with one attached hydrogen (secondary N) is 1. The molecule has 2 aromatic rings. The summed E-state index contributed by atoms with van der Waals surface area (Å²) in [4.78, 5) is 4.12. The zero-order valence-corrected chi connectivity index (χ0v) is 8.51. The van der Waals surface area contributed by atoms with Gasteiger partial charge in [0.1, 0.15) is 5.82 Å². The molecule has 0 aliphatic heterocycles. The van der Waals surface area contributed by atoms with Crippen molar-refractivity contribution in [1.82, 2.24) is 4.98 Å². The second-order valence-electron chi connectivity index (χ2n) is 3.25. The molecule has 4 nitrogen and oxygen atoms in total. The minimum absolute atomic E-state index is 0.563. The van der Waals surface area contributed by atoms with Crippen LogP contribution in [0.15, 0.2) is 42.6 Å². The highest BCUT2D eigenvalue weighted by molar-refractivity contribution is 5.72. The highest BCUT2D eigenvalue weighted by atomic mass is 15.0. The Balaban J connectivity index is 2.31. The van der Waals surface area contributed by atoms with E-state index in [0.717, 1.165) is 0 Å². The molecular formula is C12H10N4. The van der Waals surface area contributed by atoms with E-state index in [0.29, 0.717) is 22.8 Å². The lowest BCUT2D eigenvalue weighted by Gasteiger charge is -2.08. The molecule has 0 spiro atoms. The van der Waals surface area contributed by atoms with Crippen LogP contribution in [-0.4, -0.2) is 4.98 Å². The second-order valence-corrected chi connectivity index (χ2v) is 3.25. The predicted molar refractivity (Wildman–Crippen MR) is 63.1 cm³/mol. The van der Waals surface area contributed by atoms with Gasteiger partial charge in [-0.3, -0.25) is 0 Å². The first-order valence-electron chi connectivity index (χ1n) is 4.77. The van der Waals surface area contributed by atoms with Gasteiger partial charge in [-0.25, -0.2) is 4.98 Å². The van der Waals surface area contributed by atoms with Gasteiger partial charge in [0.25, 0.3) is 0 Å². The zero-order valence-electron chi connectivity index (χ0n) is 8.51. The molecule has 0 fully saturated rings. The third-order valence-electron chi connectivity index (χ3n) is 2.11. The highest BCUT2D eigenvalue weighted by Gasteiger charge is 2.01. The van der Waals surface area contributed by atoms with Crippen LogP contribution in [0.25, 0.3) is 0 Å². The molecule has 0 saturated heterocycles. The topological polar surface area (TPSA) is 74.7 Å². The summed E-state index contributed by atoms with van der Waals surface area (Å²) in [5.74, 6) is 0.698. The molecule has 0 radical (unpaired) electrons. The van der Waals surface area contributed by atoms with Crippen molar-refractivity contribution in [3.8, 4) is 6.07 Å². The number of aromatic nitrogens is 1. The molecule has 0 atom stereocenters. The number of rotatable bonds is 2. The number of nitrogens with zero attached hydrogens (tertiary/aromatic N) is 2. The molecule has 78 valence electrons. The Morgan fingerprint density at radius 3 is 2.81 bits per heavy atom. The van der Waals surface area contributed by atoms with Crippen molar-refractivity contribution in [2.75, 3.05) is 11.1 Å². The van der Waals surface area contributed by atoms with Gasteiger partial charge in [0.05, 0.1) is 23.0 Å². The lowest BCUT2D eigenvalue weighted by Crippen LogP contribution is -1.98. The van der Waals surface area contributed by atoms with E-state index in [1.165, 1.54) is 0 Å². The fourth-order valence-electron chi connectivity index (χ4n) is 1.31. The summed E-state index contributed by atoms with van der Waals surface area (Å²) >= 11 is 0. The van der Waals surface area contributed by atoms with Crippen LogP contribution in [0.3, 0.4) is 0 Å². The van der Waals surface area contributed by atoms with Crippen LogP contribution in [0.4, 0.5) is 17.2 Å². The Kier molecular flexibility index (Phi) is 2.70. The fourth-order valence-corrected chi connectivity index (χ4v) is 1.31. The van der Waals surface area contributed by atoms with Gasteiger partial charge in [-0.15, -0.1) is 0 Å². The van der Waals surface area contributed by atoms with Gasteiger partial charge < -0.3 is 11.1 Å². The summed E-state index contributed by atoms with van der Waals surface area (Å²) in [5.41, 5.74) is 7.63. The fraction of sp³-hybridized carbons (Fsp3) is 0. The van der Waals surface area contributed by atoms with Crippen LogP contribution in [0.5, 0.6) is 0 Å². The Hall–Kier alpha value is -2.54. The van der Waals surface area contributed by atoms with Gasteiger partial charge in [-0.05, 0) is 30.3 Å². The maximum atomic E-state index is 8.78. The first-order valence-corrected chi connectivity index (χ1v) is 4.77. The number of anilines is 3. The van der Waals surface area contributed by atoms with E-state index in [9.17, 15) is 0 Å². The summed E-state index contributed by atoms with van der Waals surface area (Å²) < 4.78 is 0. The number of nitriles is 1. The summed E-state index contributed by atoms with van der Waals surface area (Å²) in [6, 6.07) is 12.7. The van der Waals surface area contributed by atoms with Gasteiger partial charge in [-0.1, -0.05) is 6.07 Å². The number of pyridine rings is 1. The lowest BCUT2D eigenvalue weighted by atomic mass is 10.2. The molecule has 16 heavy (non-hydrogen) atoms.